The van der Waals surface area contributed by atoms with E-state index in [2.05, 4.69) is 50.1 Å². The maximum atomic E-state index is 13.0. The summed E-state index contributed by atoms with van der Waals surface area (Å²) in [5.74, 6) is 0.191. The van der Waals surface area contributed by atoms with Gasteiger partial charge in [0.2, 0.25) is 0 Å². The molecule has 5 nitrogen and oxygen atoms in total. The molecular formula is C26H28BFN2O3S. The third-order valence-corrected chi connectivity index (χ3v) is 7.23. The Bertz CT molecular complexity index is 1140. The van der Waals surface area contributed by atoms with Gasteiger partial charge in [-0.25, -0.2) is 9.37 Å². The van der Waals surface area contributed by atoms with Crippen molar-refractivity contribution in [1.82, 2.24) is 4.98 Å². The van der Waals surface area contributed by atoms with Crippen LogP contribution >= 0.6 is 11.8 Å². The van der Waals surface area contributed by atoms with Gasteiger partial charge in [0, 0.05) is 17.6 Å². The maximum absolute atomic E-state index is 13.0. The number of benzene rings is 2. The van der Waals surface area contributed by atoms with Gasteiger partial charge in [-0.3, -0.25) is 4.79 Å². The van der Waals surface area contributed by atoms with Gasteiger partial charge in [-0.05, 0) is 81.5 Å². The summed E-state index contributed by atoms with van der Waals surface area (Å²) in [6, 6.07) is 17.4. The van der Waals surface area contributed by atoms with E-state index in [0.29, 0.717) is 11.3 Å². The molecule has 0 radical (unpaired) electrons. The van der Waals surface area contributed by atoms with E-state index in [1.165, 1.54) is 29.8 Å². The summed E-state index contributed by atoms with van der Waals surface area (Å²) < 4.78 is 25.5. The summed E-state index contributed by atoms with van der Waals surface area (Å²) >= 11 is 1.63. The van der Waals surface area contributed by atoms with Crippen molar-refractivity contribution in [3.63, 3.8) is 0 Å². The molecule has 0 atom stereocenters. The number of amides is 1. The fraction of sp³-hybridized carbons (Fsp3) is 0.308. The molecule has 2 heterocycles. The fourth-order valence-electron chi connectivity index (χ4n) is 3.56. The van der Waals surface area contributed by atoms with E-state index in [1.807, 2.05) is 18.2 Å². The summed E-state index contributed by atoms with van der Waals surface area (Å²) in [6.07, 6.45) is 2.39. The average molecular weight is 478 g/mol. The number of hydrogen-bond donors (Lipinski definition) is 1. The molecule has 8 heteroatoms. The topological polar surface area (TPSA) is 60.5 Å². The van der Waals surface area contributed by atoms with Crippen LogP contribution in [0.3, 0.4) is 0 Å². The van der Waals surface area contributed by atoms with Crippen molar-refractivity contribution < 1.29 is 18.5 Å². The predicted molar refractivity (Wildman–Crippen MR) is 135 cm³/mol. The van der Waals surface area contributed by atoms with Gasteiger partial charge < -0.3 is 14.6 Å². The van der Waals surface area contributed by atoms with Gasteiger partial charge in [0.25, 0.3) is 5.91 Å². The van der Waals surface area contributed by atoms with Crippen LogP contribution in [0.2, 0.25) is 0 Å². The number of nitrogens with zero attached hydrogens (tertiary/aromatic N) is 1. The molecule has 0 spiro atoms. The van der Waals surface area contributed by atoms with E-state index >= 15 is 0 Å². The number of hydrogen-bond acceptors (Lipinski definition) is 5. The third kappa shape index (κ3) is 5.51. The standard InChI is InChI=1S/C26H28BFN2O3S/c1-25(2)26(3,4)33-27(32-25)22-8-6-5-7-18(22)15-16-34-23-14-9-19(17-29-23)24(31)30-21-12-10-20(28)11-13-21/h5-14,17H,15-16H2,1-4H3,(H,30,31). The van der Waals surface area contributed by atoms with Crippen molar-refractivity contribution in [2.45, 2.75) is 50.3 Å². The van der Waals surface area contributed by atoms with Crippen molar-refractivity contribution in [1.29, 1.82) is 0 Å². The lowest BCUT2D eigenvalue weighted by Gasteiger charge is -2.32. The SMILES string of the molecule is CC1(C)OB(c2ccccc2CCSc2ccc(C(=O)Nc3ccc(F)cc3)cn2)OC1(C)C. The molecule has 4 rings (SSSR count). The Hall–Kier alpha value is -2.68. The number of aryl methyl sites for hydroxylation is 1. The number of halogens is 1. The Labute approximate surface area is 204 Å². The van der Waals surface area contributed by atoms with E-state index in [4.69, 9.17) is 9.31 Å². The summed E-state index contributed by atoms with van der Waals surface area (Å²) in [5.41, 5.74) is 2.46. The number of rotatable bonds is 7. The number of thioether (sulfide) groups is 1. The summed E-state index contributed by atoms with van der Waals surface area (Å²) in [7, 11) is -0.386. The molecule has 0 bridgehead atoms. The lowest BCUT2D eigenvalue weighted by Crippen LogP contribution is -2.41. The van der Waals surface area contributed by atoms with Crippen molar-refractivity contribution >= 4 is 35.9 Å². The molecule has 1 aliphatic heterocycles. The number of carbonyl (C=O) groups excluding carboxylic acids is 1. The van der Waals surface area contributed by atoms with E-state index in [-0.39, 0.29) is 30.0 Å². The van der Waals surface area contributed by atoms with Gasteiger partial charge in [-0.2, -0.15) is 0 Å². The van der Waals surface area contributed by atoms with E-state index < -0.39 is 0 Å². The fourth-order valence-corrected chi connectivity index (χ4v) is 4.39. The van der Waals surface area contributed by atoms with Crippen LogP contribution in [0.4, 0.5) is 10.1 Å². The zero-order valence-corrected chi connectivity index (χ0v) is 20.6. The van der Waals surface area contributed by atoms with Crippen molar-refractivity contribution in [3.05, 3.63) is 83.8 Å². The van der Waals surface area contributed by atoms with Crippen molar-refractivity contribution in [2.24, 2.45) is 0 Å². The van der Waals surface area contributed by atoms with Crippen LogP contribution in [0.25, 0.3) is 0 Å². The first kappa shape index (κ1) is 24.4. The van der Waals surface area contributed by atoms with Gasteiger partial charge in [-0.1, -0.05) is 24.3 Å². The highest BCUT2D eigenvalue weighted by molar-refractivity contribution is 7.99. The quantitative estimate of drug-likeness (QED) is 0.378. The number of anilines is 1. The molecule has 1 saturated heterocycles. The number of nitrogens with one attached hydrogen (secondary N) is 1. The van der Waals surface area contributed by atoms with Gasteiger partial charge in [0.1, 0.15) is 5.82 Å². The predicted octanol–water partition coefficient (Wildman–Crippen LogP) is 5.11. The summed E-state index contributed by atoms with van der Waals surface area (Å²) in [6.45, 7) is 8.23. The molecule has 1 N–H and O–H groups in total. The third-order valence-electron chi connectivity index (χ3n) is 6.28. The summed E-state index contributed by atoms with van der Waals surface area (Å²) in [4.78, 5) is 16.8. The van der Waals surface area contributed by atoms with Gasteiger partial charge in [0.05, 0.1) is 21.8 Å². The molecule has 0 saturated carbocycles. The normalized spacial score (nSPS) is 16.4. The minimum absolute atomic E-state index is 0.285. The highest BCUT2D eigenvalue weighted by atomic mass is 32.2. The van der Waals surface area contributed by atoms with Crippen LogP contribution in [0.1, 0.15) is 43.6 Å². The lowest BCUT2D eigenvalue weighted by atomic mass is 9.75. The first-order valence-corrected chi connectivity index (χ1v) is 12.2. The van der Waals surface area contributed by atoms with Crippen LogP contribution in [-0.2, 0) is 15.7 Å². The summed E-state index contributed by atoms with van der Waals surface area (Å²) in [5, 5.41) is 3.58. The Morgan fingerprint density at radius 2 is 1.68 bits per heavy atom. The van der Waals surface area contributed by atoms with Crippen LogP contribution in [-0.4, -0.2) is 35.0 Å². The first-order valence-electron chi connectivity index (χ1n) is 11.2. The van der Waals surface area contributed by atoms with Crippen LogP contribution in [0.5, 0.6) is 0 Å². The number of carbonyl (C=O) groups is 1. The molecule has 34 heavy (non-hydrogen) atoms. The molecule has 1 fully saturated rings. The monoisotopic (exact) mass is 478 g/mol. The second-order valence-corrected chi connectivity index (χ2v) is 10.3. The Morgan fingerprint density at radius 1 is 1.00 bits per heavy atom. The average Bonchev–Trinajstić information content (AvgIpc) is 3.03. The lowest BCUT2D eigenvalue weighted by molar-refractivity contribution is 0.00578. The molecule has 176 valence electrons. The van der Waals surface area contributed by atoms with Gasteiger partial charge >= 0.3 is 7.12 Å². The molecule has 1 aromatic heterocycles. The van der Waals surface area contributed by atoms with Crippen molar-refractivity contribution in [3.8, 4) is 0 Å². The minimum Gasteiger partial charge on any atom is -0.399 e. The smallest absolute Gasteiger partial charge is 0.399 e. The molecule has 2 aromatic carbocycles. The second-order valence-electron chi connectivity index (χ2n) is 9.23. The van der Waals surface area contributed by atoms with E-state index in [9.17, 15) is 9.18 Å². The molecule has 3 aromatic rings. The first-order chi connectivity index (χ1) is 16.1. The highest BCUT2D eigenvalue weighted by Gasteiger charge is 2.52. The molecule has 1 aliphatic rings. The van der Waals surface area contributed by atoms with Crippen LogP contribution in [0.15, 0.2) is 71.9 Å². The molecule has 0 unspecified atom stereocenters. The van der Waals surface area contributed by atoms with Gasteiger partial charge in [0.15, 0.2) is 0 Å². The second kappa shape index (κ2) is 9.90. The van der Waals surface area contributed by atoms with E-state index in [1.54, 1.807) is 24.0 Å². The Balaban J connectivity index is 1.34. The Morgan fingerprint density at radius 3 is 2.32 bits per heavy atom. The minimum atomic E-state index is -0.386. The highest BCUT2D eigenvalue weighted by Crippen LogP contribution is 2.36. The molecule has 1 amide bonds. The van der Waals surface area contributed by atoms with Crippen LogP contribution < -0.4 is 10.8 Å². The molecule has 0 aliphatic carbocycles. The Kier molecular flexibility index (Phi) is 7.12. The van der Waals surface area contributed by atoms with Crippen molar-refractivity contribution in [2.75, 3.05) is 11.1 Å². The van der Waals surface area contributed by atoms with Crippen LogP contribution in [0, 0.1) is 5.82 Å². The number of aromatic nitrogens is 1. The molecular weight excluding hydrogens is 450 g/mol. The van der Waals surface area contributed by atoms with Gasteiger partial charge in [-0.15, -0.1) is 11.8 Å². The number of pyridine rings is 1. The zero-order chi connectivity index (χ0) is 24.3. The largest absolute Gasteiger partial charge is 0.495 e. The zero-order valence-electron chi connectivity index (χ0n) is 19.8. The maximum Gasteiger partial charge on any atom is 0.495 e. The van der Waals surface area contributed by atoms with E-state index in [0.717, 1.165) is 22.7 Å².